The summed E-state index contributed by atoms with van der Waals surface area (Å²) < 4.78 is 14.0. The number of hydrogen-bond acceptors (Lipinski definition) is 5. The molecule has 0 aliphatic carbocycles. The van der Waals surface area contributed by atoms with Gasteiger partial charge in [-0.15, -0.1) is 0 Å². The predicted molar refractivity (Wildman–Crippen MR) is 142 cm³/mol. The van der Waals surface area contributed by atoms with E-state index in [-0.39, 0.29) is 31.2 Å². The van der Waals surface area contributed by atoms with Crippen LogP contribution in [0, 0.1) is 6.92 Å². The Kier molecular flexibility index (Phi) is 6.87. The van der Waals surface area contributed by atoms with Gasteiger partial charge < -0.3 is 19.1 Å². The van der Waals surface area contributed by atoms with Gasteiger partial charge in [0, 0.05) is 18.2 Å². The Bertz CT molecular complexity index is 1480. The SMILES string of the molecule is Cc1ncc(-c2ccc(Oc3cccc(CC(=O)O)c3)c(CN3C(=O)OC(c4ccccc4)C3C)c2)n1C. The molecule has 5 rings (SSSR count). The number of aromatic nitrogens is 2. The number of carbonyl (C=O) groups excluding carboxylic acids is 1. The van der Waals surface area contributed by atoms with E-state index in [1.165, 1.54) is 0 Å². The molecule has 2 heterocycles. The fraction of sp³-hybridized carbons (Fsp3) is 0.233. The lowest BCUT2D eigenvalue weighted by Gasteiger charge is -2.23. The fourth-order valence-corrected chi connectivity index (χ4v) is 4.74. The lowest BCUT2D eigenvalue weighted by Crippen LogP contribution is -2.31. The van der Waals surface area contributed by atoms with Crippen LogP contribution in [0.2, 0.25) is 0 Å². The molecule has 1 aliphatic heterocycles. The second-order valence-electron chi connectivity index (χ2n) is 9.48. The molecule has 0 saturated carbocycles. The first-order valence-corrected chi connectivity index (χ1v) is 12.4. The number of hydrogen-bond donors (Lipinski definition) is 1. The smallest absolute Gasteiger partial charge is 0.411 e. The van der Waals surface area contributed by atoms with Crippen molar-refractivity contribution in [3.63, 3.8) is 0 Å². The van der Waals surface area contributed by atoms with Crippen LogP contribution in [0.3, 0.4) is 0 Å². The topological polar surface area (TPSA) is 93.9 Å². The van der Waals surface area contributed by atoms with Crippen LogP contribution in [0.15, 0.2) is 79.0 Å². The molecule has 1 aliphatic rings. The molecular formula is C30H29N3O5. The molecule has 1 aromatic heterocycles. The maximum absolute atomic E-state index is 13.0. The highest BCUT2D eigenvalue weighted by atomic mass is 16.6. The lowest BCUT2D eigenvalue weighted by molar-refractivity contribution is -0.136. The number of benzene rings is 3. The molecule has 194 valence electrons. The Labute approximate surface area is 221 Å². The number of ether oxygens (including phenoxy) is 2. The van der Waals surface area contributed by atoms with Crippen LogP contribution in [-0.2, 0) is 29.5 Å². The van der Waals surface area contributed by atoms with Crippen molar-refractivity contribution < 1.29 is 24.2 Å². The summed E-state index contributed by atoms with van der Waals surface area (Å²) in [5.74, 6) is 1.07. The molecule has 3 aromatic carbocycles. The standard InChI is InChI=1S/C30H29N3O5/c1-19-29(22-9-5-4-6-10-22)38-30(36)33(19)18-24-16-23(26-17-31-20(2)32(26)3)12-13-27(24)37-25-11-7-8-21(14-25)15-28(34)35/h4-14,16-17,19,29H,15,18H2,1-3H3,(H,34,35). The number of rotatable bonds is 8. The first kappa shape index (κ1) is 25.1. The van der Waals surface area contributed by atoms with Crippen molar-refractivity contribution in [2.75, 3.05) is 0 Å². The minimum atomic E-state index is -0.909. The highest BCUT2D eigenvalue weighted by molar-refractivity contribution is 5.72. The van der Waals surface area contributed by atoms with Gasteiger partial charge in [0.1, 0.15) is 23.4 Å². The number of aliphatic carboxylic acids is 1. The quantitative estimate of drug-likeness (QED) is 0.317. The third kappa shape index (κ3) is 5.11. The largest absolute Gasteiger partial charge is 0.481 e. The van der Waals surface area contributed by atoms with Gasteiger partial charge in [0.2, 0.25) is 0 Å². The summed E-state index contributed by atoms with van der Waals surface area (Å²) in [5, 5.41) is 9.17. The number of carboxylic acid groups (broad SMARTS) is 1. The first-order valence-electron chi connectivity index (χ1n) is 12.4. The molecule has 2 atom stereocenters. The molecule has 0 radical (unpaired) electrons. The summed E-state index contributed by atoms with van der Waals surface area (Å²) in [6.45, 7) is 4.20. The second kappa shape index (κ2) is 10.4. The highest BCUT2D eigenvalue weighted by Crippen LogP contribution is 2.37. The Hall–Kier alpha value is -4.59. The second-order valence-corrected chi connectivity index (χ2v) is 9.48. The van der Waals surface area contributed by atoms with E-state index in [1.807, 2.05) is 80.2 Å². The van der Waals surface area contributed by atoms with Gasteiger partial charge in [0.25, 0.3) is 0 Å². The summed E-state index contributed by atoms with van der Waals surface area (Å²) in [7, 11) is 1.96. The Balaban J connectivity index is 1.49. The highest BCUT2D eigenvalue weighted by Gasteiger charge is 2.40. The van der Waals surface area contributed by atoms with Crippen molar-refractivity contribution in [2.45, 2.75) is 39.0 Å². The number of carboxylic acids is 1. The first-order chi connectivity index (χ1) is 18.3. The molecule has 2 unspecified atom stereocenters. The molecule has 1 saturated heterocycles. The molecule has 1 amide bonds. The third-order valence-electron chi connectivity index (χ3n) is 6.92. The van der Waals surface area contributed by atoms with Crippen molar-refractivity contribution in [1.82, 2.24) is 14.5 Å². The van der Waals surface area contributed by atoms with Gasteiger partial charge in [-0.1, -0.05) is 42.5 Å². The van der Waals surface area contributed by atoms with Crippen molar-refractivity contribution in [3.8, 4) is 22.8 Å². The molecular weight excluding hydrogens is 482 g/mol. The van der Waals surface area contributed by atoms with Gasteiger partial charge in [-0.25, -0.2) is 9.78 Å². The number of imidazole rings is 1. The minimum absolute atomic E-state index is 0.0964. The van der Waals surface area contributed by atoms with Crippen molar-refractivity contribution in [2.24, 2.45) is 7.05 Å². The molecule has 0 bridgehead atoms. The van der Waals surface area contributed by atoms with Crippen LogP contribution in [0.25, 0.3) is 11.3 Å². The summed E-state index contributed by atoms with van der Waals surface area (Å²) in [5.41, 5.74) is 4.26. The molecule has 38 heavy (non-hydrogen) atoms. The Morgan fingerprint density at radius 3 is 2.58 bits per heavy atom. The number of amides is 1. The minimum Gasteiger partial charge on any atom is -0.481 e. The number of nitrogens with zero attached hydrogens (tertiary/aromatic N) is 3. The molecule has 1 fully saturated rings. The van der Waals surface area contributed by atoms with E-state index in [1.54, 1.807) is 29.2 Å². The van der Waals surface area contributed by atoms with Crippen LogP contribution < -0.4 is 4.74 Å². The van der Waals surface area contributed by atoms with Crippen LogP contribution in [0.1, 0.15) is 35.5 Å². The van der Waals surface area contributed by atoms with Crippen molar-refractivity contribution in [3.05, 3.63) is 102 Å². The van der Waals surface area contributed by atoms with E-state index < -0.39 is 5.97 Å². The van der Waals surface area contributed by atoms with Crippen LogP contribution in [0.5, 0.6) is 11.5 Å². The van der Waals surface area contributed by atoms with Crippen LogP contribution in [0.4, 0.5) is 4.79 Å². The number of carbonyl (C=O) groups is 2. The molecule has 0 spiro atoms. The zero-order valence-electron chi connectivity index (χ0n) is 21.5. The number of cyclic esters (lactones) is 1. The Morgan fingerprint density at radius 2 is 1.87 bits per heavy atom. The molecule has 8 heteroatoms. The van der Waals surface area contributed by atoms with E-state index in [0.717, 1.165) is 28.2 Å². The van der Waals surface area contributed by atoms with E-state index in [9.17, 15) is 14.7 Å². The van der Waals surface area contributed by atoms with Crippen molar-refractivity contribution in [1.29, 1.82) is 0 Å². The van der Waals surface area contributed by atoms with E-state index in [4.69, 9.17) is 9.47 Å². The maximum atomic E-state index is 13.0. The predicted octanol–water partition coefficient (Wildman–Crippen LogP) is 5.90. The van der Waals surface area contributed by atoms with Gasteiger partial charge in [-0.2, -0.15) is 0 Å². The summed E-state index contributed by atoms with van der Waals surface area (Å²) >= 11 is 0. The molecule has 4 aromatic rings. The zero-order chi connectivity index (χ0) is 26.8. The summed E-state index contributed by atoms with van der Waals surface area (Å²) in [4.78, 5) is 30.3. The zero-order valence-corrected chi connectivity index (χ0v) is 21.5. The van der Waals surface area contributed by atoms with Gasteiger partial charge in [0.05, 0.1) is 30.9 Å². The van der Waals surface area contributed by atoms with Gasteiger partial charge >= 0.3 is 12.1 Å². The van der Waals surface area contributed by atoms with E-state index in [2.05, 4.69) is 4.98 Å². The monoisotopic (exact) mass is 511 g/mol. The Morgan fingerprint density at radius 1 is 1.08 bits per heavy atom. The van der Waals surface area contributed by atoms with Crippen molar-refractivity contribution >= 4 is 12.1 Å². The van der Waals surface area contributed by atoms with Gasteiger partial charge in [-0.3, -0.25) is 9.69 Å². The lowest BCUT2D eigenvalue weighted by atomic mass is 10.0. The van der Waals surface area contributed by atoms with Gasteiger partial charge in [0.15, 0.2) is 0 Å². The summed E-state index contributed by atoms with van der Waals surface area (Å²) in [6.07, 6.45) is 0.967. The third-order valence-corrected chi connectivity index (χ3v) is 6.92. The molecule has 8 nitrogen and oxygen atoms in total. The average Bonchev–Trinajstić information content (AvgIpc) is 3.38. The van der Waals surface area contributed by atoms with E-state index >= 15 is 0 Å². The van der Waals surface area contributed by atoms with E-state index in [0.29, 0.717) is 17.1 Å². The van der Waals surface area contributed by atoms with Crippen LogP contribution in [-0.4, -0.2) is 37.7 Å². The van der Waals surface area contributed by atoms with Crippen LogP contribution >= 0.6 is 0 Å². The fourth-order valence-electron chi connectivity index (χ4n) is 4.74. The van der Waals surface area contributed by atoms with Gasteiger partial charge in [-0.05, 0) is 55.3 Å². The average molecular weight is 512 g/mol. The number of aryl methyl sites for hydroxylation is 1. The normalized spacial score (nSPS) is 16.9. The maximum Gasteiger partial charge on any atom is 0.411 e. The summed E-state index contributed by atoms with van der Waals surface area (Å²) in [6, 6.07) is 22.4. The molecule has 1 N–H and O–H groups in total.